The molecule has 3 aliphatic heterocycles. The normalized spacial score (nSPS) is 18.1. The molecule has 2 aromatic carbocycles. The zero-order chi connectivity index (χ0) is 25.1. The van der Waals surface area contributed by atoms with Gasteiger partial charge in [-0.05, 0) is 74.1 Å². The molecular formula is C27H31N3O6. The number of nitrogens with zero attached hydrogens (tertiary/aromatic N) is 2. The third-order valence-electron chi connectivity index (χ3n) is 7.24. The molecule has 36 heavy (non-hydrogen) atoms. The average molecular weight is 494 g/mol. The minimum atomic E-state index is -0.625. The number of carbonyl (C=O) groups is 3. The summed E-state index contributed by atoms with van der Waals surface area (Å²) in [5, 5.41) is 3.02. The number of ether oxygens (including phenoxy) is 3. The average Bonchev–Trinajstić information content (AvgIpc) is 3.63. The largest absolute Gasteiger partial charge is 0.497 e. The molecule has 9 nitrogen and oxygen atoms in total. The van der Waals surface area contributed by atoms with E-state index in [9.17, 15) is 14.4 Å². The lowest BCUT2D eigenvalue weighted by Crippen LogP contribution is -2.54. The van der Waals surface area contributed by atoms with Crippen LogP contribution in [-0.2, 0) is 4.79 Å². The summed E-state index contributed by atoms with van der Waals surface area (Å²) in [5.41, 5.74) is 1.03. The topological polar surface area (TPSA) is 97.4 Å². The molecule has 3 aliphatic rings. The number of likely N-dealkylation sites (tertiary alicyclic amines) is 2. The number of benzene rings is 2. The van der Waals surface area contributed by atoms with Crippen LogP contribution in [0.5, 0.6) is 17.2 Å². The molecule has 2 fully saturated rings. The monoisotopic (exact) mass is 493 g/mol. The molecule has 1 N–H and O–H groups in total. The number of methoxy groups -OCH3 is 1. The highest BCUT2D eigenvalue weighted by atomic mass is 16.7. The molecule has 0 saturated carbocycles. The van der Waals surface area contributed by atoms with Gasteiger partial charge in [0.25, 0.3) is 11.8 Å². The van der Waals surface area contributed by atoms with Gasteiger partial charge in [-0.2, -0.15) is 0 Å². The Balaban J connectivity index is 1.26. The van der Waals surface area contributed by atoms with Crippen LogP contribution in [0.25, 0.3) is 0 Å². The van der Waals surface area contributed by atoms with Crippen molar-refractivity contribution < 1.29 is 28.6 Å². The highest BCUT2D eigenvalue weighted by Crippen LogP contribution is 2.33. The number of amides is 3. The number of hydrogen-bond donors (Lipinski definition) is 1. The van der Waals surface area contributed by atoms with Crippen molar-refractivity contribution in [2.75, 3.05) is 40.1 Å². The Morgan fingerprint density at radius 3 is 2.25 bits per heavy atom. The molecule has 0 aromatic heterocycles. The van der Waals surface area contributed by atoms with Gasteiger partial charge in [-0.15, -0.1) is 0 Å². The third-order valence-corrected chi connectivity index (χ3v) is 7.24. The molecule has 2 aromatic rings. The summed E-state index contributed by atoms with van der Waals surface area (Å²) in [6, 6.07) is 11.4. The van der Waals surface area contributed by atoms with Crippen LogP contribution in [0, 0.1) is 5.92 Å². The number of nitrogens with one attached hydrogen (secondary N) is 1. The zero-order valence-electron chi connectivity index (χ0n) is 20.4. The van der Waals surface area contributed by atoms with E-state index in [1.807, 2.05) is 4.90 Å². The Hall–Kier alpha value is -3.75. The number of carbonyl (C=O) groups excluding carboxylic acids is 3. The Morgan fingerprint density at radius 1 is 0.889 bits per heavy atom. The first-order chi connectivity index (χ1) is 17.5. The van der Waals surface area contributed by atoms with Crippen LogP contribution in [0.4, 0.5) is 0 Å². The van der Waals surface area contributed by atoms with Gasteiger partial charge in [-0.3, -0.25) is 14.4 Å². The van der Waals surface area contributed by atoms with Crippen molar-refractivity contribution >= 4 is 17.7 Å². The van der Waals surface area contributed by atoms with Crippen molar-refractivity contribution in [2.24, 2.45) is 5.92 Å². The van der Waals surface area contributed by atoms with Crippen molar-refractivity contribution in [3.63, 3.8) is 0 Å². The quantitative estimate of drug-likeness (QED) is 0.665. The summed E-state index contributed by atoms with van der Waals surface area (Å²) in [4.78, 5) is 43.3. The van der Waals surface area contributed by atoms with E-state index in [0.29, 0.717) is 54.3 Å². The third kappa shape index (κ3) is 4.96. The SMILES string of the molecule is COc1ccc(C(=O)NC(C(=O)N2CCCC2)C2CCN(C(=O)c3ccc4c(c3)OCO4)CC2)cc1. The van der Waals surface area contributed by atoms with Gasteiger partial charge in [-0.1, -0.05) is 0 Å². The molecule has 3 amide bonds. The van der Waals surface area contributed by atoms with E-state index in [1.54, 1.807) is 54.5 Å². The van der Waals surface area contributed by atoms with E-state index < -0.39 is 6.04 Å². The van der Waals surface area contributed by atoms with Gasteiger partial charge in [0.15, 0.2) is 11.5 Å². The minimum absolute atomic E-state index is 0.0325. The predicted molar refractivity (Wildman–Crippen MR) is 131 cm³/mol. The summed E-state index contributed by atoms with van der Waals surface area (Å²) in [6.07, 6.45) is 3.22. The zero-order valence-corrected chi connectivity index (χ0v) is 20.4. The van der Waals surface area contributed by atoms with Crippen molar-refractivity contribution in [2.45, 2.75) is 31.7 Å². The fourth-order valence-corrected chi connectivity index (χ4v) is 5.13. The lowest BCUT2D eigenvalue weighted by atomic mass is 9.88. The van der Waals surface area contributed by atoms with Gasteiger partial charge in [0.1, 0.15) is 11.8 Å². The maximum absolute atomic E-state index is 13.4. The standard InChI is InChI=1S/C27H31N3O6/c1-34-21-7-4-19(5-8-21)25(31)28-24(27(33)29-12-2-3-13-29)18-10-14-30(15-11-18)26(32)20-6-9-22-23(16-20)36-17-35-22/h4-9,16,18,24H,2-3,10-15,17H2,1H3,(H,28,31). The molecule has 3 heterocycles. The van der Waals surface area contributed by atoms with Crippen LogP contribution in [-0.4, -0.2) is 73.6 Å². The van der Waals surface area contributed by atoms with Gasteiger partial charge in [0.05, 0.1) is 7.11 Å². The lowest BCUT2D eigenvalue weighted by molar-refractivity contribution is -0.134. The molecule has 0 spiro atoms. The van der Waals surface area contributed by atoms with Gasteiger partial charge in [-0.25, -0.2) is 0 Å². The molecule has 1 unspecified atom stereocenters. The lowest BCUT2D eigenvalue weighted by Gasteiger charge is -2.37. The first kappa shape index (κ1) is 24.0. The van der Waals surface area contributed by atoms with Gasteiger partial charge >= 0.3 is 0 Å². The Morgan fingerprint density at radius 2 is 1.56 bits per heavy atom. The van der Waals surface area contributed by atoms with E-state index in [4.69, 9.17) is 14.2 Å². The fraction of sp³-hybridized carbons (Fsp3) is 0.444. The number of rotatable bonds is 6. The number of hydrogen-bond acceptors (Lipinski definition) is 6. The van der Waals surface area contributed by atoms with Crippen LogP contribution in [0.3, 0.4) is 0 Å². The first-order valence-electron chi connectivity index (χ1n) is 12.5. The van der Waals surface area contributed by atoms with E-state index in [2.05, 4.69) is 5.32 Å². The van der Waals surface area contributed by atoms with Crippen LogP contribution in [0.15, 0.2) is 42.5 Å². The summed E-state index contributed by atoms with van der Waals surface area (Å²) >= 11 is 0. The molecule has 1 atom stereocenters. The Bertz CT molecular complexity index is 1120. The molecule has 190 valence electrons. The van der Waals surface area contributed by atoms with Crippen molar-refractivity contribution in [1.29, 1.82) is 0 Å². The molecule has 0 radical (unpaired) electrons. The van der Waals surface area contributed by atoms with E-state index >= 15 is 0 Å². The summed E-state index contributed by atoms with van der Waals surface area (Å²) in [7, 11) is 1.57. The second kappa shape index (κ2) is 10.5. The van der Waals surface area contributed by atoms with E-state index in [-0.39, 0.29) is 30.4 Å². The van der Waals surface area contributed by atoms with Crippen LogP contribution in [0.1, 0.15) is 46.4 Å². The highest BCUT2D eigenvalue weighted by molar-refractivity contribution is 5.98. The molecule has 2 saturated heterocycles. The molecule has 0 bridgehead atoms. The first-order valence-corrected chi connectivity index (χ1v) is 12.5. The number of fused-ring (bicyclic) bond motifs is 1. The summed E-state index contributed by atoms with van der Waals surface area (Å²) in [5.74, 6) is 1.44. The number of piperidine rings is 1. The van der Waals surface area contributed by atoms with E-state index in [0.717, 1.165) is 25.9 Å². The smallest absolute Gasteiger partial charge is 0.253 e. The minimum Gasteiger partial charge on any atom is -0.497 e. The summed E-state index contributed by atoms with van der Waals surface area (Å²) < 4.78 is 15.9. The van der Waals surface area contributed by atoms with Crippen LogP contribution >= 0.6 is 0 Å². The molecule has 9 heteroatoms. The molecule has 5 rings (SSSR count). The second-order valence-electron chi connectivity index (χ2n) is 9.41. The summed E-state index contributed by atoms with van der Waals surface area (Å²) in [6.45, 7) is 2.62. The Kier molecular flexibility index (Phi) is 6.97. The van der Waals surface area contributed by atoms with Crippen LogP contribution < -0.4 is 19.5 Å². The van der Waals surface area contributed by atoms with Gasteiger partial charge in [0.2, 0.25) is 12.7 Å². The van der Waals surface area contributed by atoms with Crippen molar-refractivity contribution in [1.82, 2.24) is 15.1 Å². The predicted octanol–water partition coefficient (Wildman–Crippen LogP) is 2.70. The fourth-order valence-electron chi connectivity index (χ4n) is 5.13. The van der Waals surface area contributed by atoms with Crippen molar-refractivity contribution in [3.05, 3.63) is 53.6 Å². The van der Waals surface area contributed by atoms with Gasteiger partial charge in [0, 0.05) is 37.3 Å². The van der Waals surface area contributed by atoms with Crippen molar-refractivity contribution in [3.8, 4) is 17.2 Å². The Labute approximate surface area is 210 Å². The van der Waals surface area contributed by atoms with Gasteiger partial charge < -0.3 is 29.3 Å². The highest BCUT2D eigenvalue weighted by Gasteiger charge is 2.37. The van der Waals surface area contributed by atoms with E-state index in [1.165, 1.54) is 0 Å². The molecule has 0 aliphatic carbocycles. The molecular weight excluding hydrogens is 462 g/mol. The maximum atomic E-state index is 13.4. The maximum Gasteiger partial charge on any atom is 0.253 e. The second-order valence-corrected chi connectivity index (χ2v) is 9.41. The van der Waals surface area contributed by atoms with Crippen LogP contribution in [0.2, 0.25) is 0 Å².